The largest absolute Gasteiger partial charge is 0.505 e. The lowest BCUT2D eigenvalue weighted by Gasteiger charge is -2.30. The molecule has 5 aromatic carbocycles. The number of hydrogen-bond donors (Lipinski definition) is 5. The molecule has 11 nitrogen and oxygen atoms in total. The fraction of sp³-hybridized carbons (Fsp3) is 0.188. The minimum atomic E-state index is -1.22. The summed E-state index contributed by atoms with van der Waals surface area (Å²) < 4.78 is 0. The van der Waals surface area contributed by atoms with Gasteiger partial charge in [-0.05, 0) is 77.0 Å². The molecule has 9 rings (SSSR count). The standard InChI is InChI=1S/C28H23ClN2O4.C20H17ClN2O3.ClH/c29-20-9-6-18(7-10-20)14-23-27(33)25(28(34)35)21-11-8-19-12-13-31(16-22(19)26(21)30-23)24(32)15-17-4-2-1-3-5-17;21-13-4-1-11(2-5-13)9-16-19(24)17(20(25)26)14-6-3-12-7-8-22-10-15(12)18(14)23-16;/h1-11,33H,12-16H2,(H,34,35);1-6,22,24H,7-10H2,(H,25,26);1H. The van der Waals surface area contributed by atoms with E-state index in [1.807, 2.05) is 66.7 Å². The Balaban J connectivity index is 0.000000191. The Morgan fingerprint density at radius 1 is 0.629 bits per heavy atom. The normalized spacial score (nSPS) is 13.0. The van der Waals surface area contributed by atoms with Crippen molar-refractivity contribution in [3.8, 4) is 11.5 Å². The van der Waals surface area contributed by atoms with Crippen LogP contribution in [0.25, 0.3) is 21.8 Å². The summed E-state index contributed by atoms with van der Waals surface area (Å²) in [7, 11) is 0. The van der Waals surface area contributed by atoms with Crippen molar-refractivity contribution in [2.45, 2.75) is 45.2 Å². The molecule has 2 aliphatic rings. The predicted octanol–water partition coefficient (Wildman–Crippen LogP) is 8.96. The van der Waals surface area contributed by atoms with E-state index in [2.05, 4.69) is 10.3 Å². The summed E-state index contributed by atoms with van der Waals surface area (Å²) in [4.78, 5) is 48.2. The Labute approximate surface area is 373 Å². The number of aromatic nitrogens is 2. The highest BCUT2D eigenvalue weighted by atomic mass is 35.5. The van der Waals surface area contributed by atoms with Gasteiger partial charge in [-0.25, -0.2) is 19.6 Å². The number of carboxylic acid groups (broad SMARTS) is 2. The fourth-order valence-electron chi connectivity index (χ4n) is 8.10. The second kappa shape index (κ2) is 18.8. The summed E-state index contributed by atoms with van der Waals surface area (Å²) in [5.74, 6) is -2.98. The van der Waals surface area contributed by atoms with Gasteiger partial charge in [0.25, 0.3) is 0 Å². The van der Waals surface area contributed by atoms with E-state index in [0.717, 1.165) is 46.3 Å². The summed E-state index contributed by atoms with van der Waals surface area (Å²) in [6, 6.07) is 31.2. The van der Waals surface area contributed by atoms with Crippen molar-refractivity contribution in [2.24, 2.45) is 0 Å². The van der Waals surface area contributed by atoms with Crippen molar-refractivity contribution >= 4 is 75.3 Å². The molecule has 5 N–H and O–H groups in total. The van der Waals surface area contributed by atoms with Gasteiger partial charge in [-0.2, -0.15) is 0 Å². The smallest absolute Gasteiger partial charge is 0.340 e. The van der Waals surface area contributed by atoms with Crippen molar-refractivity contribution < 1.29 is 34.8 Å². The zero-order chi connectivity index (χ0) is 42.8. The van der Waals surface area contributed by atoms with E-state index in [9.17, 15) is 34.8 Å². The number of aromatic carboxylic acids is 2. The maximum Gasteiger partial charge on any atom is 0.340 e. The van der Waals surface area contributed by atoms with Crippen LogP contribution >= 0.6 is 35.6 Å². The summed E-state index contributed by atoms with van der Waals surface area (Å²) in [6.45, 7) is 2.46. The number of carbonyl (C=O) groups excluding carboxylic acids is 1. The molecule has 0 atom stereocenters. The second-order valence-corrected chi connectivity index (χ2v) is 16.0. The molecule has 0 saturated heterocycles. The van der Waals surface area contributed by atoms with Gasteiger partial charge < -0.3 is 30.6 Å². The molecule has 62 heavy (non-hydrogen) atoms. The van der Waals surface area contributed by atoms with E-state index >= 15 is 0 Å². The fourth-order valence-corrected chi connectivity index (χ4v) is 8.36. The van der Waals surface area contributed by atoms with Crippen LogP contribution in [-0.2, 0) is 50.0 Å². The second-order valence-electron chi connectivity index (χ2n) is 15.1. The van der Waals surface area contributed by atoms with E-state index in [1.54, 1.807) is 41.3 Å². The molecule has 1 amide bonds. The first kappa shape index (κ1) is 43.8. The molecule has 0 aliphatic carbocycles. The van der Waals surface area contributed by atoms with Crippen LogP contribution in [0.3, 0.4) is 0 Å². The number of nitrogens with one attached hydrogen (secondary N) is 1. The van der Waals surface area contributed by atoms with Crippen molar-refractivity contribution in [1.29, 1.82) is 0 Å². The van der Waals surface area contributed by atoms with Gasteiger partial charge in [-0.1, -0.05) is 102 Å². The van der Waals surface area contributed by atoms with Gasteiger partial charge >= 0.3 is 11.9 Å². The van der Waals surface area contributed by atoms with Gasteiger partial charge in [-0.3, -0.25) is 4.79 Å². The van der Waals surface area contributed by atoms with Gasteiger partial charge in [0.05, 0.1) is 28.8 Å². The molecule has 7 aromatic rings. The Morgan fingerprint density at radius 3 is 1.65 bits per heavy atom. The summed E-state index contributed by atoms with van der Waals surface area (Å²) in [5, 5.41) is 46.4. The highest BCUT2D eigenvalue weighted by molar-refractivity contribution is 6.30. The number of nitrogens with zero attached hydrogens (tertiary/aromatic N) is 3. The van der Waals surface area contributed by atoms with Gasteiger partial charge in [0.2, 0.25) is 5.91 Å². The molecule has 0 fully saturated rings. The van der Waals surface area contributed by atoms with Crippen molar-refractivity contribution in [1.82, 2.24) is 20.2 Å². The highest BCUT2D eigenvalue weighted by Gasteiger charge is 2.28. The third-order valence-corrected chi connectivity index (χ3v) is 11.7. The predicted molar refractivity (Wildman–Crippen MR) is 241 cm³/mol. The van der Waals surface area contributed by atoms with Crippen LogP contribution in [0, 0.1) is 0 Å². The minimum Gasteiger partial charge on any atom is -0.505 e. The quantitative estimate of drug-likeness (QED) is 0.0992. The monoisotopic (exact) mass is 890 g/mol. The minimum absolute atomic E-state index is 0. The number of carboxylic acids is 2. The first-order valence-electron chi connectivity index (χ1n) is 19.8. The first-order valence-corrected chi connectivity index (χ1v) is 20.5. The number of rotatable bonds is 8. The van der Waals surface area contributed by atoms with Crippen LogP contribution in [0.2, 0.25) is 10.0 Å². The van der Waals surface area contributed by atoms with E-state index in [0.29, 0.717) is 76.4 Å². The topological polar surface area (TPSA) is 173 Å². The molecule has 0 bridgehead atoms. The molecule has 0 unspecified atom stereocenters. The van der Waals surface area contributed by atoms with Crippen LogP contribution < -0.4 is 5.32 Å². The average molecular weight is 892 g/mol. The lowest BCUT2D eigenvalue weighted by molar-refractivity contribution is -0.131. The van der Waals surface area contributed by atoms with Crippen molar-refractivity contribution in [3.05, 3.63) is 175 Å². The molecule has 0 saturated carbocycles. The zero-order valence-corrected chi connectivity index (χ0v) is 35.5. The van der Waals surface area contributed by atoms with Crippen LogP contribution in [0.1, 0.15) is 71.0 Å². The third-order valence-electron chi connectivity index (χ3n) is 11.2. The number of hydrogen-bond acceptors (Lipinski definition) is 8. The SMILES string of the molecule is Cl.O=C(O)c1c(O)c(Cc2ccc(Cl)cc2)nc2c3c(ccc12)CCN(C(=O)Cc1ccccc1)C3.O=C(O)c1c(O)c(Cc2ccc(Cl)cc2)nc2c3c(ccc12)CCNC3. The lowest BCUT2D eigenvalue weighted by atomic mass is 9.93. The summed E-state index contributed by atoms with van der Waals surface area (Å²) >= 11 is 11.9. The van der Waals surface area contributed by atoms with Gasteiger partial charge in [0, 0.05) is 58.9 Å². The Bertz CT molecular complexity index is 2840. The maximum absolute atomic E-state index is 13.0. The molecular weight excluding hydrogens is 851 g/mol. The Hall–Kier alpha value is -6.24. The molecule has 0 spiro atoms. The molecule has 0 radical (unpaired) electrons. The zero-order valence-electron chi connectivity index (χ0n) is 33.2. The van der Waals surface area contributed by atoms with E-state index < -0.39 is 11.9 Å². The van der Waals surface area contributed by atoms with Crippen LogP contribution in [0.15, 0.2) is 103 Å². The van der Waals surface area contributed by atoms with Gasteiger partial charge in [-0.15, -0.1) is 12.4 Å². The molecule has 2 aliphatic heterocycles. The summed E-state index contributed by atoms with van der Waals surface area (Å²) in [6.07, 6.45) is 2.42. The first-order chi connectivity index (χ1) is 29.4. The Morgan fingerprint density at radius 2 is 1.13 bits per heavy atom. The van der Waals surface area contributed by atoms with E-state index in [-0.39, 0.29) is 53.1 Å². The molecular formula is C48H41Cl3N4O7. The molecule has 4 heterocycles. The highest BCUT2D eigenvalue weighted by Crippen LogP contribution is 2.36. The molecule has 316 valence electrons. The van der Waals surface area contributed by atoms with Gasteiger partial charge in [0.1, 0.15) is 11.1 Å². The average Bonchev–Trinajstić information content (AvgIpc) is 3.26. The lowest BCUT2D eigenvalue weighted by Crippen LogP contribution is -2.37. The van der Waals surface area contributed by atoms with Crippen molar-refractivity contribution in [3.63, 3.8) is 0 Å². The number of benzene rings is 5. The number of carbonyl (C=O) groups is 3. The van der Waals surface area contributed by atoms with Crippen LogP contribution in [-0.4, -0.2) is 66.2 Å². The number of fused-ring (bicyclic) bond motifs is 6. The van der Waals surface area contributed by atoms with Crippen molar-refractivity contribution in [2.75, 3.05) is 13.1 Å². The van der Waals surface area contributed by atoms with Gasteiger partial charge in [0.15, 0.2) is 11.5 Å². The molecule has 2 aromatic heterocycles. The van der Waals surface area contributed by atoms with Crippen LogP contribution in [0.4, 0.5) is 0 Å². The van der Waals surface area contributed by atoms with Crippen LogP contribution in [0.5, 0.6) is 11.5 Å². The summed E-state index contributed by atoms with van der Waals surface area (Å²) in [5.41, 5.74) is 8.26. The number of amides is 1. The molecule has 14 heteroatoms. The maximum atomic E-state index is 13.0. The van der Waals surface area contributed by atoms with E-state index in [4.69, 9.17) is 28.2 Å². The third kappa shape index (κ3) is 9.17. The number of halogens is 3. The van der Waals surface area contributed by atoms with E-state index in [1.165, 1.54) is 5.56 Å². The Kier molecular flexibility index (Phi) is 13.3. The number of pyridine rings is 2. The number of aromatic hydroxyl groups is 2.